The van der Waals surface area contributed by atoms with Crippen molar-refractivity contribution in [3.8, 4) is 23.4 Å². The van der Waals surface area contributed by atoms with Crippen molar-refractivity contribution in [2.24, 2.45) is 5.41 Å². The quantitative estimate of drug-likeness (QED) is 0.333. The van der Waals surface area contributed by atoms with Crippen molar-refractivity contribution in [3.63, 3.8) is 0 Å². The number of methoxy groups -OCH3 is 2. The van der Waals surface area contributed by atoms with Gasteiger partial charge in [0.1, 0.15) is 11.5 Å². The lowest BCUT2D eigenvalue weighted by Gasteiger charge is -2.65. The van der Waals surface area contributed by atoms with Gasteiger partial charge in [-0.2, -0.15) is 23.0 Å². The number of carbonyl (C=O) groups excluding carboxylic acids is 1. The lowest BCUT2D eigenvalue weighted by Crippen LogP contribution is -2.77. The van der Waals surface area contributed by atoms with Crippen LogP contribution in [0.15, 0.2) is 59.6 Å². The maximum absolute atomic E-state index is 15.4. The van der Waals surface area contributed by atoms with Crippen LogP contribution in [0.2, 0.25) is 0 Å². The number of likely N-dealkylation sites (tertiary alicyclic amines) is 3. The van der Waals surface area contributed by atoms with E-state index < -0.39 is 21.5 Å². The van der Waals surface area contributed by atoms with Gasteiger partial charge in [-0.3, -0.25) is 14.6 Å². The fourth-order valence-corrected chi connectivity index (χ4v) is 9.41. The number of carbonyl (C=O) groups is 1. The number of hydrogen-bond donors (Lipinski definition) is 0. The van der Waals surface area contributed by atoms with Gasteiger partial charge >= 0.3 is 0 Å². The Balaban J connectivity index is 1.37. The Labute approximate surface area is 281 Å². The number of nitriles is 1. The molecule has 1 spiro atoms. The number of amides is 1. The van der Waals surface area contributed by atoms with E-state index in [9.17, 15) is 13.7 Å². The second-order valence-electron chi connectivity index (χ2n) is 13.2. The van der Waals surface area contributed by atoms with Crippen LogP contribution in [0.4, 0.5) is 5.69 Å². The van der Waals surface area contributed by atoms with Crippen LogP contribution in [0.1, 0.15) is 36.5 Å². The van der Waals surface area contributed by atoms with E-state index in [0.29, 0.717) is 53.9 Å². The van der Waals surface area contributed by atoms with E-state index >= 15 is 4.79 Å². The first-order valence-corrected chi connectivity index (χ1v) is 17.7. The largest absolute Gasteiger partial charge is 0.497 e. The van der Waals surface area contributed by atoms with Gasteiger partial charge < -0.3 is 19.1 Å². The Kier molecular flexibility index (Phi) is 8.10. The maximum atomic E-state index is 15.4. The van der Waals surface area contributed by atoms with Crippen LogP contribution in [0, 0.1) is 16.7 Å². The molecule has 3 fully saturated rings. The van der Waals surface area contributed by atoms with Crippen molar-refractivity contribution in [3.05, 3.63) is 71.3 Å². The highest BCUT2D eigenvalue weighted by Gasteiger charge is 2.67. The molecule has 4 aliphatic rings. The van der Waals surface area contributed by atoms with Crippen molar-refractivity contribution in [1.29, 1.82) is 5.26 Å². The van der Waals surface area contributed by atoms with Crippen LogP contribution in [-0.2, 0) is 20.4 Å². The zero-order valence-corrected chi connectivity index (χ0v) is 28.5. The molecular weight excluding hydrogens is 632 g/mol. The number of nitrogens with zero attached hydrogens (tertiary/aromatic N) is 6. The van der Waals surface area contributed by atoms with Crippen LogP contribution in [0.3, 0.4) is 0 Å². The summed E-state index contributed by atoms with van der Waals surface area (Å²) < 4.78 is 46.8. The summed E-state index contributed by atoms with van der Waals surface area (Å²) in [4.78, 5) is 26.5. The summed E-state index contributed by atoms with van der Waals surface area (Å²) >= 11 is 0. The van der Waals surface area contributed by atoms with E-state index in [-0.39, 0.29) is 22.0 Å². The molecular formula is C35H40N6O6S. The van der Waals surface area contributed by atoms with Crippen molar-refractivity contribution in [2.75, 3.05) is 71.4 Å². The average Bonchev–Trinajstić information content (AvgIpc) is 3.32. The molecule has 1 aromatic heterocycles. The summed E-state index contributed by atoms with van der Waals surface area (Å²) in [6, 6.07) is 17.1. The molecule has 0 saturated carbocycles. The predicted molar refractivity (Wildman–Crippen MR) is 178 cm³/mol. The molecule has 2 aromatic carbocycles. The van der Waals surface area contributed by atoms with Crippen LogP contribution in [0.25, 0.3) is 0 Å². The molecule has 252 valence electrons. The zero-order valence-electron chi connectivity index (χ0n) is 27.7. The first-order valence-electron chi connectivity index (χ1n) is 16.2. The Bertz CT molecular complexity index is 1890. The Morgan fingerprint density at radius 1 is 0.979 bits per heavy atom. The third-order valence-corrected chi connectivity index (χ3v) is 11.9. The van der Waals surface area contributed by atoms with Gasteiger partial charge in [0.05, 0.1) is 38.1 Å². The highest BCUT2D eigenvalue weighted by atomic mass is 32.2. The van der Waals surface area contributed by atoms with E-state index in [4.69, 9.17) is 14.2 Å². The van der Waals surface area contributed by atoms with Gasteiger partial charge in [0, 0.05) is 54.8 Å². The predicted octanol–water partition coefficient (Wildman–Crippen LogP) is 3.06. The first-order chi connectivity index (χ1) is 23.1. The number of fused-ring (bicyclic) bond motifs is 1. The number of ether oxygens (including phenoxy) is 3. The number of benzene rings is 2. The van der Waals surface area contributed by atoms with Crippen molar-refractivity contribution in [1.82, 2.24) is 19.7 Å². The molecule has 0 aliphatic carbocycles. The highest BCUT2D eigenvalue weighted by Crippen LogP contribution is 2.57. The number of rotatable bonds is 9. The Morgan fingerprint density at radius 3 is 2.40 bits per heavy atom. The van der Waals surface area contributed by atoms with Crippen molar-refractivity contribution in [2.45, 2.75) is 36.4 Å². The second kappa shape index (κ2) is 12.0. The molecule has 12 nitrogen and oxygen atoms in total. The zero-order chi connectivity index (χ0) is 33.8. The number of pyridine rings is 1. The van der Waals surface area contributed by atoms with E-state index in [1.807, 2.05) is 6.92 Å². The summed E-state index contributed by atoms with van der Waals surface area (Å²) in [6.07, 6.45) is 2.27. The SMILES string of the molecule is CCOc1ccc(OC)cc1C1(N2CC3(CN(C4CCN(C)CC4)C3)C2)C(=O)N(S(=O)(=O)c2cccc(OC)n2)c2ccc(C#N)cc21. The minimum atomic E-state index is -4.54. The number of hydrogen-bond acceptors (Lipinski definition) is 11. The fraction of sp³-hybridized carbons (Fsp3) is 0.457. The summed E-state index contributed by atoms with van der Waals surface area (Å²) in [5.74, 6) is 0.333. The van der Waals surface area contributed by atoms with Gasteiger partial charge in [0.2, 0.25) is 5.88 Å². The summed E-state index contributed by atoms with van der Waals surface area (Å²) in [7, 11) is 0.561. The molecule has 13 heteroatoms. The summed E-state index contributed by atoms with van der Waals surface area (Å²) in [6.45, 7) is 7.29. The van der Waals surface area contributed by atoms with E-state index in [1.165, 1.54) is 31.4 Å². The van der Waals surface area contributed by atoms with Gasteiger partial charge in [-0.15, -0.1) is 0 Å². The van der Waals surface area contributed by atoms with E-state index in [1.54, 1.807) is 37.4 Å². The highest BCUT2D eigenvalue weighted by molar-refractivity contribution is 7.93. The minimum Gasteiger partial charge on any atom is -0.497 e. The lowest BCUT2D eigenvalue weighted by atomic mass is 9.67. The third kappa shape index (κ3) is 4.92. The van der Waals surface area contributed by atoms with Crippen LogP contribution < -0.4 is 18.5 Å². The Hall–Kier alpha value is -4.22. The van der Waals surface area contributed by atoms with Gasteiger partial charge in [0.15, 0.2) is 10.6 Å². The maximum Gasteiger partial charge on any atom is 0.288 e. The van der Waals surface area contributed by atoms with Crippen LogP contribution in [0.5, 0.6) is 17.4 Å². The molecule has 3 saturated heterocycles. The molecule has 4 aliphatic heterocycles. The molecule has 1 amide bonds. The van der Waals surface area contributed by atoms with Crippen molar-refractivity contribution < 1.29 is 27.4 Å². The summed E-state index contributed by atoms with van der Waals surface area (Å²) in [5.41, 5.74) is -0.341. The number of sulfonamides is 1. The monoisotopic (exact) mass is 672 g/mol. The topological polar surface area (TPSA) is 129 Å². The molecule has 0 bridgehead atoms. The molecule has 7 rings (SSSR count). The summed E-state index contributed by atoms with van der Waals surface area (Å²) in [5, 5.41) is 9.68. The smallest absolute Gasteiger partial charge is 0.288 e. The molecule has 0 radical (unpaired) electrons. The standard InChI is InChI=1S/C35H40N6O6S/c1-5-47-30-12-10-26(45-3)18-28(30)35(40-22-34(23-40)20-39(21-34)25-13-15-38(2)16-14-25)27-17-24(19-36)9-11-29(27)41(33(35)42)48(43,44)32-8-6-7-31(37-32)46-4/h6-12,17-18,25H,5,13-16,20-23H2,1-4H3. The molecule has 1 atom stereocenters. The second-order valence-corrected chi connectivity index (χ2v) is 15.0. The van der Waals surface area contributed by atoms with Crippen LogP contribution >= 0.6 is 0 Å². The molecule has 3 aromatic rings. The average molecular weight is 673 g/mol. The van der Waals surface area contributed by atoms with Crippen molar-refractivity contribution >= 4 is 21.6 Å². The molecule has 0 N–H and O–H groups in total. The Morgan fingerprint density at radius 2 is 1.73 bits per heavy atom. The fourth-order valence-electron chi connectivity index (χ4n) is 8.00. The van der Waals surface area contributed by atoms with E-state index in [2.05, 4.69) is 32.8 Å². The van der Waals surface area contributed by atoms with Crippen LogP contribution in [-0.4, -0.2) is 107 Å². The number of anilines is 1. The molecule has 5 heterocycles. The normalized spacial score (nSPS) is 22.9. The van der Waals surface area contributed by atoms with Gasteiger partial charge in [-0.05, 0) is 82.4 Å². The van der Waals surface area contributed by atoms with E-state index in [0.717, 1.165) is 43.3 Å². The molecule has 1 unspecified atom stereocenters. The van der Waals surface area contributed by atoms with Gasteiger partial charge in [0.25, 0.3) is 15.9 Å². The first kappa shape index (κ1) is 32.3. The third-order valence-electron chi connectivity index (χ3n) is 10.3. The van der Waals surface area contributed by atoms with Gasteiger partial charge in [-0.25, -0.2) is 0 Å². The number of aromatic nitrogens is 1. The number of piperidine rings is 1. The minimum absolute atomic E-state index is 0.0328. The molecule has 48 heavy (non-hydrogen) atoms. The van der Waals surface area contributed by atoms with Gasteiger partial charge in [-0.1, -0.05) is 6.07 Å². The lowest BCUT2D eigenvalue weighted by molar-refractivity contribution is -0.169.